The molecule has 2 aromatic carbocycles. The van der Waals surface area contributed by atoms with Gasteiger partial charge in [0.05, 0.1) is 10.2 Å². The number of carbonyl (C=O) groups is 1. The molecule has 5 rings (SSSR count). The summed E-state index contributed by atoms with van der Waals surface area (Å²) in [5.74, 6) is 2.54. The van der Waals surface area contributed by atoms with E-state index in [0.717, 1.165) is 23.2 Å². The molecule has 3 heterocycles. The highest BCUT2D eigenvalue weighted by Crippen LogP contribution is 2.40. The van der Waals surface area contributed by atoms with Crippen molar-refractivity contribution in [3.05, 3.63) is 35.9 Å². The average molecular weight is 442 g/mol. The second-order valence-electron chi connectivity index (χ2n) is 7.64. The van der Waals surface area contributed by atoms with E-state index in [-0.39, 0.29) is 12.7 Å². The molecule has 3 aromatic rings. The minimum Gasteiger partial charge on any atom is -0.486 e. The predicted octanol–water partition coefficient (Wildman–Crippen LogP) is 3.39. The van der Waals surface area contributed by atoms with Crippen LogP contribution in [0, 0.1) is 0 Å². The molecule has 1 amide bonds. The fourth-order valence-electron chi connectivity index (χ4n) is 3.58. The zero-order valence-electron chi connectivity index (χ0n) is 17.4. The predicted molar refractivity (Wildman–Crippen MR) is 118 cm³/mol. The van der Waals surface area contributed by atoms with E-state index >= 15 is 0 Å². The lowest BCUT2D eigenvalue weighted by Crippen LogP contribution is -2.33. The number of ether oxygens (including phenoxy) is 4. The van der Waals surface area contributed by atoms with Crippen molar-refractivity contribution in [2.75, 3.05) is 52.1 Å². The number of hydrogen-bond acceptors (Lipinski definition) is 8. The largest absolute Gasteiger partial charge is 0.486 e. The Morgan fingerprint density at radius 1 is 0.968 bits per heavy atom. The van der Waals surface area contributed by atoms with E-state index in [1.807, 2.05) is 26.2 Å². The summed E-state index contributed by atoms with van der Waals surface area (Å²) >= 11 is 1.47. The Hall–Kier alpha value is -3.04. The summed E-state index contributed by atoms with van der Waals surface area (Å²) < 4.78 is 23.1. The molecule has 31 heavy (non-hydrogen) atoms. The van der Waals surface area contributed by atoms with Crippen molar-refractivity contribution in [1.29, 1.82) is 0 Å². The van der Waals surface area contributed by atoms with Gasteiger partial charge in [-0.2, -0.15) is 0 Å². The van der Waals surface area contributed by atoms with Crippen molar-refractivity contribution in [3.8, 4) is 23.0 Å². The van der Waals surface area contributed by atoms with Crippen molar-refractivity contribution in [2.24, 2.45) is 0 Å². The van der Waals surface area contributed by atoms with Gasteiger partial charge in [-0.15, -0.1) is 0 Å². The first-order valence-corrected chi connectivity index (χ1v) is 11.0. The van der Waals surface area contributed by atoms with Crippen molar-refractivity contribution in [2.45, 2.75) is 6.42 Å². The summed E-state index contributed by atoms with van der Waals surface area (Å²) in [6.07, 6.45) is 0.821. The van der Waals surface area contributed by atoms with E-state index in [0.29, 0.717) is 53.5 Å². The van der Waals surface area contributed by atoms with E-state index < -0.39 is 0 Å². The first-order valence-electron chi connectivity index (χ1n) is 10.1. The first-order chi connectivity index (χ1) is 15.1. The molecule has 0 fully saturated rings. The molecule has 0 bridgehead atoms. The highest BCUT2D eigenvalue weighted by Gasteiger charge is 2.24. The lowest BCUT2D eigenvalue weighted by atomic mass is 10.1. The molecular formula is C22H23N3O5S. The van der Waals surface area contributed by atoms with Crippen LogP contribution in [0.5, 0.6) is 23.0 Å². The van der Waals surface area contributed by atoms with Crippen LogP contribution < -0.4 is 23.8 Å². The maximum atomic E-state index is 13.5. The maximum Gasteiger partial charge on any atom is 0.260 e. The summed E-state index contributed by atoms with van der Waals surface area (Å²) in [6, 6.07) is 9.10. The number of hydrogen-bond donors (Lipinski definition) is 0. The Labute approximate surface area is 183 Å². The number of amides is 1. The van der Waals surface area contributed by atoms with Crippen LogP contribution in [-0.4, -0.2) is 63.0 Å². The van der Waals surface area contributed by atoms with Gasteiger partial charge in [0.2, 0.25) is 6.79 Å². The molecule has 0 unspecified atom stereocenters. The summed E-state index contributed by atoms with van der Waals surface area (Å²) in [4.78, 5) is 22.1. The van der Waals surface area contributed by atoms with Crippen LogP contribution in [0.15, 0.2) is 30.3 Å². The fraction of sp³-hybridized carbons (Fsp3) is 0.364. The molecule has 0 radical (unpaired) electrons. The smallest absolute Gasteiger partial charge is 0.260 e. The van der Waals surface area contributed by atoms with Gasteiger partial charge in [-0.05, 0) is 45.3 Å². The third-order valence-electron chi connectivity index (χ3n) is 5.12. The van der Waals surface area contributed by atoms with Crippen LogP contribution in [0.3, 0.4) is 0 Å². The fourth-order valence-corrected chi connectivity index (χ4v) is 4.58. The number of anilines is 1. The Morgan fingerprint density at radius 2 is 1.71 bits per heavy atom. The van der Waals surface area contributed by atoms with Crippen molar-refractivity contribution < 1.29 is 23.7 Å². The maximum absolute atomic E-state index is 13.5. The number of rotatable bonds is 6. The number of benzene rings is 2. The average Bonchev–Trinajstić information content (AvgIpc) is 3.39. The topological polar surface area (TPSA) is 73.4 Å². The summed E-state index contributed by atoms with van der Waals surface area (Å²) in [5, 5.41) is 0.650. The molecule has 8 nitrogen and oxygen atoms in total. The molecule has 0 N–H and O–H groups in total. The monoisotopic (exact) mass is 441 g/mol. The number of fused-ring (bicyclic) bond motifs is 3. The molecule has 0 atom stereocenters. The third kappa shape index (κ3) is 3.98. The second-order valence-corrected chi connectivity index (χ2v) is 8.65. The van der Waals surface area contributed by atoms with Crippen LogP contribution in [0.25, 0.3) is 10.2 Å². The van der Waals surface area contributed by atoms with Gasteiger partial charge >= 0.3 is 0 Å². The van der Waals surface area contributed by atoms with Gasteiger partial charge in [-0.25, -0.2) is 4.98 Å². The van der Waals surface area contributed by atoms with E-state index in [1.165, 1.54) is 11.3 Å². The molecule has 162 valence electrons. The van der Waals surface area contributed by atoms with Crippen LogP contribution in [0.1, 0.15) is 16.8 Å². The lowest BCUT2D eigenvalue weighted by Gasteiger charge is -2.23. The SMILES string of the molecule is CN(C)CCCN(C(=O)c1ccc2c(c1)OCCO2)c1nc2cc3c(cc2s1)OCO3. The quantitative estimate of drug-likeness (QED) is 0.581. The number of thiazole rings is 1. The summed E-state index contributed by atoms with van der Waals surface area (Å²) in [5.41, 5.74) is 1.33. The molecule has 0 saturated carbocycles. The highest BCUT2D eigenvalue weighted by molar-refractivity contribution is 7.22. The molecule has 2 aliphatic heterocycles. The van der Waals surface area contributed by atoms with Gasteiger partial charge in [-0.3, -0.25) is 9.69 Å². The molecule has 0 saturated heterocycles. The normalized spacial score (nSPS) is 14.3. The first kappa shape index (κ1) is 19.9. The van der Waals surface area contributed by atoms with E-state index in [2.05, 4.69) is 4.90 Å². The Bertz CT molecular complexity index is 1090. The molecule has 0 aliphatic carbocycles. The third-order valence-corrected chi connectivity index (χ3v) is 6.16. The standard InChI is InChI=1S/C22H23N3O5S/c1-24(2)6-3-7-25(21(26)14-4-5-16-17(10-14)28-9-8-27-16)22-23-15-11-18-19(30-13-29-18)12-20(15)31-22/h4-5,10-12H,3,6-9,13H2,1-2H3. The van der Waals surface area contributed by atoms with Gasteiger partial charge in [0, 0.05) is 24.2 Å². The zero-order chi connectivity index (χ0) is 21.4. The van der Waals surface area contributed by atoms with Gasteiger partial charge in [-0.1, -0.05) is 11.3 Å². The van der Waals surface area contributed by atoms with E-state index in [1.54, 1.807) is 23.1 Å². The van der Waals surface area contributed by atoms with Crippen LogP contribution >= 0.6 is 11.3 Å². The number of carbonyl (C=O) groups excluding carboxylic acids is 1. The molecular weight excluding hydrogens is 418 g/mol. The minimum atomic E-state index is -0.116. The van der Waals surface area contributed by atoms with Crippen molar-refractivity contribution >= 4 is 32.6 Å². The number of aromatic nitrogens is 1. The second kappa shape index (κ2) is 8.24. The van der Waals surface area contributed by atoms with Gasteiger partial charge in [0.15, 0.2) is 28.1 Å². The van der Waals surface area contributed by atoms with Crippen molar-refractivity contribution in [3.63, 3.8) is 0 Å². The van der Waals surface area contributed by atoms with Crippen LogP contribution in [0.4, 0.5) is 5.13 Å². The van der Waals surface area contributed by atoms with Crippen molar-refractivity contribution in [1.82, 2.24) is 9.88 Å². The molecule has 2 aliphatic rings. The van der Waals surface area contributed by atoms with Crippen LogP contribution in [0.2, 0.25) is 0 Å². The Morgan fingerprint density at radius 3 is 2.52 bits per heavy atom. The van der Waals surface area contributed by atoms with Gasteiger partial charge in [0.1, 0.15) is 13.2 Å². The highest BCUT2D eigenvalue weighted by atomic mass is 32.1. The summed E-state index contributed by atoms with van der Waals surface area (Å²) in [6.45, 7) is 2.63. The lowest BCUT2D eigenvalue weighted by molar-refractivity contribution is 0.0984. The number of nitrogens with zero attached hydrogens (tertiary/aromatic N) is 3. The van der Waals surface area contributed by atoms with E-state index in [4.69, 9.17) is 23.9 Å². The van der Waals surface area contributed by atoms with Gasteiger partial charge in [0.25, 0.3) is 5.91 Å². The van der Waals surface area contributed by atoms with Crippen LogP contribution in [-0.2, 0) is 0 Å². The summed E-state index contributed by atoms with van der Waals surface area (Å²) in [7, 11) is 4.04. The van der Waals surface area contributed by atoms with E-state index in [9.17, 15) is 4.79 Å². The molecule has 0 spiro atoms. The minimum absolute atomic E-state index is 0.116. The Kier molecular flexibility index (Phi) is 5.29. The zero-order valence-corrected chi connectivity index (χ0v) is 18.2. The Balaban J connectivity index is 1.47. The van der Waals surface area contributed by atoms with Gasteiger partial charge < -0.3 is 23.8 Å². The molecule has 1 aromatic heterocycles. The molecule has 9 heteroatoms.